The number of carbonyl (C=O) groups excluding carboxylic acids is 1. The third kappa shape index (κ3) is 4.23. The van der Waals surface area contributed by atoms with Crippen molar-refractivity contribution in [2.75, 3.05) is 19.7 Å². The van der Waals surface area contributed by atoms with Crippen molar-refractivity contribution in [3.8, 4) is 5.75 Å². The van der Waals surface area contributed by atoms with Gasteiger partial charge in [-0.15, -0.1) is 0 Å². The molecule has 0 saturated carbocycles. The molecule has 20 heavy (non-hydrogen) atoms. The van der Waals surface area contributed by atoms with Crippen LogP contribution in [-0.4, -0.2) is 36.0 Å². The minimum Gasteiger partial charge on any atom is -0.491 e. The van der Waals surface area contributed by atoms with Crippen LogP contribution in [0.2, 0.25) is 0 Å². The van der Waals surface area contributed by atoms with Gasteiger partial charge in [0, 0.05) is 30.6 Å². The Kier molecular flexibility index (Phi) is 4.65. The number of hydrogen-bond acceptors (Lipinski definition) is 3. The minimum absolute atomic E-state index is 0.0504. The first kappa shape index (κ1) is 14.9. The number of carbonyl (C=O) groups is 1. The third-order valence-electron chi connectivity index (χ3n) is 3.30. The van der Waals surface area contributed by atoms with Gasteiger partial charge < -0.3 is 15.0 Å². The molecule has 1 aromatic carbocycles. The number of para-hydroxylation sites is 1. The van der Waals surface area contributed by atoms with Gasteiger partial charge in [-0.1, -0.05) is 18.2 Å². The Balaban J connectivity index is 1.91. The van der Waals surface area contributed by atoms with Crippen molar-refractivity contribution in [2.45, 2.75) is 39.3 Å². The molecule has 0 bridgehead atoms. The third-order valence-corrected chi connectivity index (χ3v) is 3.30. The summed E-state index contributed by atoms with van der Waals surface area (Å²) in [4.78, 5) is 14.2. The molecule has 1 N–H and O–H groups in total. The van der Waals surface area contributed by atoms with Gasteiger partial charge in [-0.2, -0.15) is 0 Å². The topological polar surface area (TPSA) is 41.6 Å². The highest BCUT2D eigenvalue weighted by Crippen LogP contribution is 2.22. The van der Waals surface area contributed by atoms with Crippen molar-refractivity contribution >= 4 is 5.91 Å². The van der Waals surface area contributed by atoms with Crippen LogP contribution in [0.3, 0.4) is 0 Å². The summed E-state index contributed by atoms with van der Waals surface area (Å²) in [5.74, 6) is 1.08. The number of nitrogens with zero attached hydrogens (tertiary/aromatic N) is 1. The fourth-order valence-electron chi connectivity index (χ4n) is 2.24. The SMILES string of the molecule is CC(C)(C)NCCC(=O)N1CCOc2ccccc2C1. The lowest BCUT2D eigenvalue weighted by Crippen LogP contribution is -2.40. The normalized spacial score (nSPS) is 15.2. The number of ether oxygens (including phenoxy) is 1. The predicted molar refractivity (Wildman–Crippen MR) is 79.7 cm³/mol. The molecule has 0 atom stereocenters. The molecule has 4 heteroatoms. The quantitative estimate of drug-likeness (QED) is 0.920. The molecule has 2 rings (SSSR count). The van der Waals surface area contributed by atoms with E-state index >= 15 is 0 Å². The Hall–Kier alpha value is -1.55. The Morgan fingerprint density at radius 2 is 2.10 bits per heavy atom. The van der Waals surface area contributed by atoms with Gasteiger partial charge in [0.2, 0.25) is 5.91 Å². The van der Waals surface area contributed by atoms with Gasteiger partial charge in [0.05, 0.1) is 6.54 Å². The molecule has 0 unspecified atom stereocenters. The molecule has 4 nitrogen and oxygen atoms in total. The van der Waals surface area contributed by atoms with Crippen molar-refractivity contribution in [3.63, 3.8) is 0 Å². The maximum absolute atomic E-state index is 12.3. The largest absolute Gasteiger partial charge is 0.491 e. The highest BCUT2D eigenvalue weighted by Gasteiger charge is 2.19. The number of amides is 1. The van der Waals surface area contributed by atoms with E-state index in [1.807, 2.05) is 29.2 Å². The zero-order chi connectivity index (χ0) is 14.6. The van der Waals surface area contributed by atoms with Crippen LogP contribution in [0.1, 0.15) is 32.8 Å². The minimum atomic E-state index is 0.0504. The van der Waals surface area contributed by atoms with E-state index < -0.39 is 0 Å². The summed E-state index contributed by atoms with van der Waals surface area (Å²) in [7, 11) is 0. The summed E-state index contributed by atoms with van der Waals surface area (Å²) < 4.78 is 5.68. The van der Waals surface area contributed by atoms with Crippen LogP contribution in [-0.2, 0) is 11.3 Å². The Bertz CT molecular complexity index is 466. The number of hydrogen-bond donors (Lipinski definition) is 1. The Labute approximate surface area is 121 Å². The van der Waals surface area contributed by atoms with Gasteiger partial charge in [0.1, 0.15) is 12.4 Å². The predicted octanol–water partition coefficient (Wildman–Crippen LogP) is 2.19. The molecule has 1 aromatic rings. The summed E-state index contributed by atoms with van der Waals surface area (Å²) in [6.45, 7) is 8.89. The van der Waals surface area contributed by atoms with Gasteiger partial charge in [-0.3, -0.25) is 4.79 Å². The van der Waals surface area contributed by atoms with Crippen molar-refractivity contribution in [1.29, 1.82) is 0 Å². The molecule has 0 saturated heterocycles. The standard InChI is InChI=1S/C16H24N2O2/c1-16(2,3)17-9-8-15(19)18-10-11-20-14-7-5-4-6-13(14)12-18/h4-7,17H,8-12H2,1-3H3. The van der Waals surface area contributed by atoms with E-state index in [0.29, 0.717) is 32.7 Å². The van der Waals surface area contributed by atoms with Crippen LogP contribution in [0.15, 0.2) is 24.3 Å². The summed E-state index contributed by atoms with van der Waals surface area (Å²) in [5, 5.41) is 3.35. The lowest BCUT2D eigenvalue weighted by Gasteiger charge is -2.23. The molecule has 0 aliphatic carbocycles. The molecule has 1 aliphatic rings. The molecule has 0 aromatic heterocycles. The maximum Gasteiger partial charge on any atom is 0.224 e. The van der Waals surface area contributed by atoms with E-state index in [9.17, 15) is 4.79 Å². The molecule has 0 fully saturated rings. The van der Waals surface area contributed by atoms with E-state index in [-0.39, 0.29) is 11.4 Å². The molecule has 1 amide bonds. The molecule has 1 heterocycles. The Morgan fingerprint density at radius 3 is 2.85 bits per heavy atom. The van der Waals surface area contributed by atoms with Crippen LogP contribution in [0.5, 0.6) is 5.75 Å². The second-order valence-electron chi connectivity index (χ2n) is 6.20. The number of rotatable bonds is 3. The van der Waals surface area contributed by atoms with Gasteiger partial charge in [-0.25, -0.2) is 0 Å². The summed E-state index contributed by atoms with van der Waals surface area (Å²) in [6.07, 6.45) is 0.527. The average Bonchev–Trinajstić information content (AvgIpc) is 2.59. The van der Waals surface area contributed by atoms with Crippen LogP contribution in [0.4, 0.5) is 0 Å². The molecule has 0 radical (unpaired) electrons. The van der Waals surface area contributed by atoms with Gasteiger partial charge in [-0.05, 0) is 26.8 Å². The molecule has 1 aliphatic heterocycles. The fraction of sp³-hybridized carbons (Fsp3) is 0.562. The second-order valence-corrected chi connectivity index (χ2v) is 6.20. The van der Waals surface area contributed by atoms with E-state index in [4.69, 9.17) is 4.74 Å². The van der Waals surface area contributed by atoms with Crippen LogP contribution in [0, 0.1) is 0 Å². The molecule has 0 spiro atoms. The highest BCUT2D eigenvalue weighted by atomic mass is 16.5. The average molecular weight is 276 g/mol. The van der Waals surface area contributed by atoms with Gasteiger partial charge in [0.15, 0.2) is 0 Å². The zero-order valence-electron chi connectivity index (χ0n) is 12.6. The highest BCUT2D eigenvalue weighted by molar-refractivity contribution is 5.76. The number of benzene rings is 1. The van der Waals surface area contributed by atoms with E-state index in [0.717, 1.165) is 11.3 Å². The zero-order valence-corrected chi connectivity index (χ0v) is 12.6. The van der Waals surface area contributed by atoms with E-state index in [1.165, 1.54) is 0 Å². The van der Waals surface area contributed by atoms with E-state index in [1.54, 1.807) is 0 Å². The Morgan fingerprint density at radius 1 is 1.35 bits per heavy atom. The van der Waals surface area contributed by atoms with Gasteiger partial charge in [0.25, 0.3) is 0 Å². The fourth-order valence-corrected chi connectivity index (χ4v) is 2.24. The van der Waals surface area contributed by atoms with Crippen molar-refractivity contribution in [1.82, 2.24) is 10.2 Å². The molecular weight excluding hydrogens is 252 g/mol. The first-order chi connectivity index (χ1) is 9.46. The van der Waals surface area contributed by atoms with Crippen molar-refractivity contribution in [3.05, 3.63) is 29.8 Å². The number of nitrogens with one attached hydrogen (secondary N) is 1. The summed E-state index contributed by atoms with van der Waals surface area (Å²) >= 11 is 0. The maximum atomic E-state index is 12.3. The smallest absolute Gasteiger partial charge is 0.224 e. The molecule has 110 valence electrons. The van der Waals surface area contributed by atoms with Crippen molar-refractivity contribution < 1.29 is 9.53 Å². The monoisotopic (exact) mass is 276 g/mol. The molecular formula is C16H24N2O2. The lowest BCUT2D eigenvalue weighted by molar-refractivity contribution is -0.131. The first-order valence-electron chi connectivity index (χ1n) is 7.19. The first-order valence-corrected chi connectivity index (χ1v) is 7.19. The van der Waals surface area contributed by atoms with Crippen molar-refractivity contribution in [2.24, 2.45) is 0 Å². The summed E-state index contributed by atoms with van der Waals surface area (Å²) in [6, 6.07) is 7.93. The van der Waals surface area contributed by atoms with Crippen LogP contribution >= 0.6 is 0 Å². The second kappa shape index (κ2) is 6.27. The van der Waals surface area contributed by atoms with Crippen LogP contribution in [0.25, 0.3) is 0 Å². The number of fused-ring (bicyclic) bond motifs is 1. The van der Waals surface area contributed by atoms with Crippen LogP contribution < -0.4 is 10.1 Å². The van der Waals surface area contributed by atoms with Gasteiger partial charge >= 0.3 is 0 Å². The van der Waals surface area contributed by atoms with E-state index in [2.05, 4.69) is 26.1 Å². The summed E-state index contributed by atoms with van der Waals surface area (Å²) in [5.41, 5.74) is 1.14. The lowest BCUT2D eigenvalue weighted by atomic mass is 10.1.